The van der Waals surface area contributed by atoms with Gasteiger partial charge in [-0.15, -0.1) is 0 Å². The van der Waals surface area contributed by atoms with Gasteiger partial charge in [-0.05, 0) is 19.3 Å². The Balaban J connectivity index is 3.36. The highest BCUT2D eigenvalue weighted by atomic mass is 17.2. The van der Waals surface area contributed by atoms with E-state index in [0.29, 0.717) is 6.42 Å². The predicted octanol–water partition coefficient (Wildman–Crippen LogP) is 10.7. The number of unbranched alkanes of at least 4 members (excludes halogenated alkanes) is 23. The van der Waals surface area contributed by atoms with Crippen molar-refractivity contribution in [3.05, 3.63) is 12.2 Å². The normalized spacial score (nSPS) is 11.3. The summed E-state index contributed by atoms with van der Waals surface area (Å²) in [5.41, 5.74) is 0. The second kappa shape index (κ2) is 29.9. The monoisotopic (exact) mass is 508 g/mol. The predicted molar refractivity (Wildman–Crippen MR) is 153 cm³/mol. The smallest absolute Gasteiger partial charge is 0.247 e. The molecule has 0 aromatic carbocycles. The lowest BCUT2D eigenvalue weighted by atomic mass is 10.0. The highest BCUT2D eigenvalue weighted by Crippen LogP contribution is 2.14. The summed E-state index contributed by atoms with van der Waals surface area (Å²) in [6.45, 7) is 4.52. The van der Waals surface area contributed by atoms with Gasteiger partial charge in [0.05, 0.1) is 6.42 Å². The first-order valence-electron chi connectivity index (χ1n) is 15.8. The van der Waals surface area contributed by atoms with Gasteiger partial charge in [0.2, 0.25) is 0 Å². The molecule has 212 valence electrons. The molecule has 0 unspecified atom stereocenters. The van der Waals surface area contributed by atoms with Crippen molar-refractivity contribution < 1.29 is 19.4 Å². The van der Waals surface area contributed by atoms with Gasteiger partial charge in [0.1, 0.15) is 0 Å². The van der Waals surface area contributed by atoms with Gasteiger partial charge in [-0.2, -0.15) is 0 Å². The fourth-order valence-corrected chi connectivity index (χ4v) is 4.55. The molecule has 0 aliphatic heterocycles. The van der Waals surface area contributed by atoms with Crippen molar-refractivity contribution >= 4 is 11.9 Å². The second-order valence-corrected chi connectivity index (χ2v) is 10.6. The minimum Gasteiger partial charge on any atom is -0.247 e. The molecule has 0 N–H and O–H groups in total. The Morgan fingerprint density at radius 2 is 0.833 bits per heavy atom. The summed E-state index contributed by atoms with van der Waals surface area (Å²) in [6, 6.07) is 0. The van der Waals surface area contributed by atoms with Crippen LogP contribution in [0.1, 0.15) is 181 Å². The van der Waals surface area contributed by atoms with E-state index in [9.17, 15) is 9.59 Å². The fourth-order valence-electron chi connectivity index (χ4n) is 4.55. The van der Waals surface area contributed by atoms with Gasteiger partial charge in [-0.25, -0.2) is 19.4 Å². The van der Waals surface area contributed by atoms with Crippen molar-refractivity contribution in [2.45, 2.75) is 181 Å². The van der Waals surface area contributed by atoms with Crippen LogP contribution in [0, 0.1) is 0 Å². The molecule has 0 aromatic heterocycles. The maximum absolute atomic E-state index is 11.7. The minimum absolute atomic E-state index is 0.313. The van der Waals surface area contributed by atoms with E-state index in [0.717, 1.165) is 32.1 Å². The van der Waals surface area contributed by atoms with Crippen LogP contribution >= 0.6 is 0 Å². The van der Waals surface area contributed by atoms with Crippen LogP contribution in [-0.4, -0.2) is 11.9 Å². The molecule has 0 saturated heterocycles. The quantitative estimate of drug-likeness (QED) is 0.0479. The van der Waals surface area contributed by atoms with Crippen molar-refractivity contribution in [3.63, 3.8) is 0 Å². The van der Waals surface area contributed by atoms with Crippen LogP contribution in [0.15, 0.2) is 12.2 Å². The van der Waals surface area contributed by atoms with Gasteiger partial charge in [0.15, 0.2) is 0 Å². The molecule has 0 fully saturated rings. The average Bonchev–Trinajstić information content (AvgIpc) is 2.88. The van der Waals surface area contributed by atoms with Crippen molar-refractivity contribution in [1.29, 1.82) is 0 Å². The van der Waals surface area contributed by atoms with Crippen LogP contribution in [0.3, 0.4) is 0 Å². The van der Waals surface area contributed by atoms with Gasteiger partial charge >= 0.3 is 11.9 Å². The Labute approximate surface area is 224 Å². The summed E-state index contributed by atoms with van der Waals surface area (Å²) in [6.07, 6.45) is 35.3. The van der Waals surface area contributed by atoms with Gasteiger partial charge in [0.25, 0.3) is 0 Å². The summed E-state index contributed by atoms with van der Waals surface area (Å²) in [5, 5.41) is 0. The van der Waals surface area contributed by atoms with E-state index in [1.807, 2.05) is 6.08 Å². The SMILES string of the molecule is CCCCCCCCCCCCC/C=C/C(=O)OOC(=O)CCCCCCCCCCCCCCC. The van der Waals surface area contributed by atoms with Crippen LogP contribution < -0.4 is 0 Å². The van der Waals surface area contributed by atoms with Crippen molar-refractivity contribution in [1.82, 2.24) is 0 Å². The molecular formula is C32H60O4. The molecule has 0 aliphatic carbocycles. The third kappa shape index (κ3) is 28.9. The molecule has 36 heavy (non-hydrogen) atoms. The molecule has 0 atom stereocenters. The minimum atomic E-state index is -0.600. The van der Waals surface area contributed by atoms with E-state index < -0.39 is 11.9 Å². The Hall–Kier alpha value is -1.32. The first kappa shape index (κ1) is 34.7. The Morgan fingerprint density at radius 3 is 1.25 bits per heavy atom. The zero-order valence-electron chi connectivity index (χ0n) is 24.2. The van der Waals surface area contributed by atoms with Crippen LogP contribution in [0.25, 0.3) is 0 Å². The van der Waals surface area contributed by atoms with Crippen LogP contribution in [0.4, 0.5) is 0 Å². The van der Waals surface area contributed by atoms with Crippen LogP contribution in [-0.2, 0) is 19.4 Å². The summed E-state index contributed by atoms with van der Waals surface area (Å²) in [5.74, 6) is -1.05. The van der Waals surface area contributed by atoms with Crippen molar-refractivity contribution in [2.24, 2.45) is 0 Å². The molecule has 0 saturated carbocycles. The molecule has 4 heteroatoms. The molecule has 0 aromatic rings. The Morgan fingerprint density at radius 1 is 0.472 bits per heavy atom. The molecule has 0 radical (unpaired) electrons. The van der Waals surface area contributed by atoms with Crippen molar-refractivity contribution in [2.75, 3.05) is 0 Å². The highest BCUT2D eigenvalue weighted by Gasteiger charge is 2.07. The maximum Gasteiger partial charge on any atom is 0.378 e. The summed E-state index contributed by atoms with van der Waals surface area (Å²) < 4.78 is 0. The number of hydrogen-bond acceptors (Lipinski definition) is 4. The average molecular weight is 509 g/mol. The van der Waals surface area contributed by atoms with Gasteiger partial charge in [-0.3, -0.25) is 0 Å². The van der Waals surface area contributed by atoms with E-state index in [1.165, 1.54) is 134 Å². The van der Waals surface area contributed by atoms with E-state index in [-0.39, 0.29) is 0 Å². The lowest BCUT2D eigenvalue weighted by Gasteiger charge is -2.03. The number of allylic oxidation sites excluding steroid dienone is 1. The molecule has 0 amide bonds. The number of hydrogen-bond donors (Lipinski definition) is 0. The molecule has 0 aliphatic rings. The Bertz CT molecular complexity index is 500. The second-order valence-electron chi connectivity index (χ2n) is 10.6. The molecule has 0 bridgehead atoms. The van der Waals surface area contributed by atoms with Gasteiger partial charge < -0.3 is 0 Å². The van der Waals surface area contributed by atoms with E-state index in [1.54, 1.807) is 0 Å². The van der Waals surface area contributed by atoms with E-state index in [2.05, 4.69) is 23.6 Å². The zero-order chi connectivity index (χ0) is 26.4. The molecule has 0 rings (SSSR count). The Kier molecular flexibility index (Phi) is 28.8. The zero-order valence-corrected chi connectivity index (χ0v) is 24.2. The largest absolute Gasteiger partial charge is 0.378 e. The van der Waals surface area contributed by atoms with Gasteiger partial charge in [0, 0.05) is 6.08 Å². The van der Waals surface area contributed by atoms with Crippen LogP contribution in [0.5, 0.6) is 0 Å². The topological polar surface area (TPSA) is 52.6 Å². The molecular weight excluding hydrogens is 448 g/mol. The fraction of sp³-hybridized carbons (Fsp3) is 0.875. The van der Waals surface area contributed by atoms with Gasteiger partial charge in [-0.1, -0.05) is 161 Å². The number of carbonyl (C=O) groups is 2. The highest BCUT2D eigenvalue weighted by molar-refractivity contribution is 5.82. The molecule has 4 nitrogen and oxygen atoms in total. The summed E-state index contributed by atoms with van der Waals surface area (Å²) >= 11 is 0. The standard InChI is InChI=1S/C32H60O4/c1-3-5-7-9-11-13-15-17-19-21-23-25-27-29-31(33)35-36-32(34)30-28-26-24-22-20-18-16-14-12-10-8-6-4-2/h27,29H,3-26,28,30H2,1-2H3/b29-27+. The first-order chi connectivity index (χ1) is 17.7. The van der Waals surface area contributed by atoms with Crippen molar-refractivity contribution in [3.8, 4) is 0 Å². The number of rotatable bonds is 27. The molecule has 0 spiro atoms. The van der Waals surface area contributed by atoms with E-state index in [4.69, 9.17) is 0 Å². The maximum atomic E-state index is 11.7. The lowest BCUT2D eigenvalue weighted by molar-refractivity contribution is -0.255. The third-order valence-electron chi connectivity index (χ3n) is 6.93. The first-order valence-corrected chi connectivity index (χ1v) is 15.8. The molecule has 0 heterocycles. The van der Waals surface area contributed by atoms with E-state index >= 15 is 0 Å². The van der Waals surface area contributed by atoms with Crippen LogP contribution in [0.2, 0.25) is 0 Å². The summed E-state index contributed by atoms with van der Waals surface area (Å²) in [7, 11) is 0. The third-order valence-corrected chi connectivity index (χ3v) is 6.93. The summed E-state index contributed by atoms with van der Waals surface area (Å²) in [4.78, 5) is 32.6. The number of carbonyl (C=O) groups excluding carboxylic acids is 2. The lowest BCUT2D eigenvalue weighted by Crippen LogP contribution is -2.09.